The van der Waals surface area contributed by atoms with Crippen LogP contribution in [0.5, 0.6) is 0 Å². The van der Waals surface area contributed by atoms with Gasteiger partial charge in [-0.2, -0.15) is 0 Å². The highest BCUT2D eigenvalue weighted by atomic mass is 35.5. The average Bonchev–Trinajstić information content (AvgIpc) is 2.91. The lowest BCUT2D eigenvalue weighted by molar-refractivity contribution is -0.139. The maximum absolute atomic E-state index is 13.9. The third-order valence-corrected chi connectivity index (χ3v) is 8.53. The van der Waals surface area contributed by atoms with Crippen LogP contribution in [-0.4, -0.2) is 43.8 Å². The van der Waals surface area contributed by atoms with Gasteiger partial charge in [0.1, 0.15) is 18.4 Å². The summed E-state index contributed by atoms with van der Waals surface area (Å²) in [4.78, 5) is 28.1. The minimum absolute atomic E-state index is 0.0300. The number of carbonyl (C=O) groups excluding carboxylic acids is 2. The molecular formula is C28H30Cl2FN3O4S. The molecule has 0 bridgehead atoms. The van der Waals surface area contributed by atoms with Gasteiger partial charge in [0, 0.05) is 17.6 Å². The summed E-state index contributed by atoms with van der Waals surface area (Å²) in [6.45, 7) is 4.61. The number of halogens is 3. The van der Waals surface area contributed by atoms with Crippen LogP contribution in [0, 0.1) is 5.82 Å². The Morgan fingerprint density at radius 2 is 1.62 bits per heavy atom. The number of hydrogen-bond donors (Lipinski definition) is 1. The van der Waals surface area contributed by atoms with Crippen LogP contribution in [0.15, 0.2) is 77.7 Å². The molecule has 0 saturated heterocycles. The Labute approximate surface area is 238 Å². The predicted octanol–water partition coefficient (Wildman–Crippen LogP) is 5.66. The summed E-state index contributed by atoms with van der Waals surface area (Å²) in [6.07, 6.45) is 0.683. The van der Waals surface area contributed by atoms with E-state index in [4.69, 9.17) is 23.2 Å². The number of nitrogens with one attached hydrogen (secondary N) is 1. The first-order chi connectivity index (χ1) is 18.4. The van der Waals surface area contributed by atoms with E-state index in [0.717, 1.165) is 4.31 Å². The number of carbonyl (C=O) groups is 2. The van der Waals surface area contributed by atoms with Crippen molar-refractivity contribution in [2.45, 2.75) is 50.7 Å². The van der Waals surface area contributed by atoms with Crippen molar-refractivity contribution < 1.29 is 22.4 Å². The van der Waals surface area contributed by atoms with E-state index in [9.17, 15) is 22.4 Å². The van der Waals surface area contributed by atoms with Crippen LogP contribution < -0.4 is 9.62 Å². The first-order valence-corrected chi connectivity index (χ1v) is 14.5. The van der Waals surface area contributed by atoms with Crippen molar-refractivity contribution in [3.8, 4) is 0 Å². The largest absolute Gasteiger partial charge is 0.352 e. The summed E-state index contributed by atoms with van der Waals surface area (Å²) in [6, 6.07) is 16.3. The van der Waals surface area contributed by atoms with Crippen LogP contribution in [0.2, 0.25) is 10.0 Å². The smallest absolute Gasteiger partial charge is 0.264 e. The molecule has 7 nitrogen and oxygen atoms in total. The van der Waals surface area contributed by atoms with Crippen molar-refractivity contribution in [1.82, 2.24) is 10.2 Å². The molecule has 0 spiro atoms. The third-order valence-electron chi connectivity index (χ3n) is 6.22. The van der Waals surface area contributed by atoms with Gasteiger partial charge in [-0.05, 0) is 68.3 Å². The monoisotopic (exact) mass is 593 g/mol. The lowest BCUT2D eigenvalue weighted by Gasteiger charge is -2.32. The molecule has 3 aromatic rings. The maximum Gasteiger partial charge on any atom is 0.264 e. The number of amides is 2. The summed E-state index contributed by atoms with van der Waals surface area (Å²) >= 11 is 12.4. The lowest BCUT2D eigenvalue weighted by atomic mass is 10.1. The van der Waals surface area contributed by atoms with Gasteiger partial charge in [0.05, 0.1) is 15.6 Å². The van der Waals surface area contributed by atoms with Gasteiger partial charge in [-0.1, -0.05) is 60.5 Å². The van der Waals surface area contributed by atoms with Crippen molar-refractivity contribution in [2.24, 2.45) is 0 Å². The maximum atomic E-state index is 13.9. The molecule has 0 heterocycles. The Hall–Kier alpha value is -3.14. The molecule has 0 saturated carbocycles. The van der Waals surface area contributed by atoms with Crippen LogP contribution in [0.3, 0.4) is 0 Å². The highest BCUT2D eigenvalue weighted by molar-refractivity contribution is 7.92. The van der Waals surface area contributed by atoms with Crippen LogP contribution in [0.1, 0.15) is 32.8 Å². The number of anilines is 1. The van der Waals surface area contributed by atoms with Crippen LogP contribution in [-0.2, 0) is 26.2 Å². The zero-order valence-electron chi connectivity index (χ0n) is 21.8. The van der Waals surface area contributed by atoms with E-state index < -0.39 is 40.2 Å². The molecule has 2 amide bonds. The molecule has 3 rings (SSSR count). The van der Waals surface area contributed by atoms with Crippen LogP contribution in [0.25, 0.3) is 0 Å². The lowest BCUT2D eigenvalue weighted by Crippen LogP contribution is -2.52. The molecule has 11 heteroatoms. The quantitative estimate of drug-likeness (QED) is 0.311. The predicted molar refractivity (Wildman–Crippen MR) is 152 cm³/mol. The number of nitrogens with zero attached hydrogens (tertiary/aromatic N) is 2. The molecular weight excluding hydrogens is 564 g/mol. The van der Waals surface area contributed by atoms with Gasteiger partial charge >= 0.3 is 0 Å². The van der Waals surface area contributed by atoms with Gasteiger partial charge in [-0.15, -0.1) is 0 Å². The normalized spacial score (nSPS) is 12.9. The second-order valence-corrected chi connectivity index (χ2v) is 11.8. The van der Waals surface area contributed by atoms with E-state index in [-0.39, 0.29) is 28.2 Å². The van der Waals surface area contributed by atoms with Gasteiger partial charge in [0.2, 0.25) is 11.8 Å². The summed E-state index contributed by atoms with van der Waals surface area (Å²) in [7, 11) is -4.26. The van der Waals surface area contributed by atoms with Gasteiger partial charge < -0.3 is 10.2 Å². The number of hydrogen-bond acceptors (Lipinski definition) is 4. The van der Waals surface area contributed by atoms with Gasteiger partial charge in [0.25, 0.3) is 10.0 Å². The molecule has 0 radical (unpaired) electrons. The Bertz CT molecular complexity index is 1410. The zero-order valence-corrected chi connectivity index (χ0v) is 24.1. The van der Waals surface area contributed by atoms with Crippen molar-refractivity contribution in [3.05, 3.63) is 94.2 Å². The molecule has 0 unspecified atom stereocenters. The summed E-state index contributed by atoms with van der Waals surface area (Å²) in [5.74, 6) is -1.50. The van der Waals surface area contributed by atoms with E-state index in [0.29, 0.717) is 17.0 Å². The van der Waals surface area contributed by atoms with Gasteiger partial charge in [-0.25, -0.2) is 12.8 Å². The van der Waals surface area contributed by atoms with Crippen molar-refractivity contribution in [3.63, 3.8) is 0 Å². The first-order valence-electron chi connectivity index (χ1n) is 12.3. The molecule has 0 aliphatic heterocycles. The number of rotatable bonds is 11. The zero-order chi connectivity index (χ0) is 28.7. The molecule has 2 atom stereocenters. The van der Waals surface area contributed by atoms with Crippen molar-refractivity contribution in [2.75, 3.05) is 10.8 Å². The minimum Gasteiger partial charge on any atom is -0.352 e. The number of sulfonamides is 1. The van der Waals surface area contributed by atoms with E-state index in [2.05, 4.69) is 5.32 Å². The van der Waals surface area contributed by atoms with E-state index >= 15 is 0 Å². The van der Waals surface area contributed by atoms with Crippen molar-refractivity contribution >= 4 is 50.7 Å². The molecule has 39 heavy (non-hydrogen) atoms. The SMILES string of the molecule is CC[C@H](C)NC(=O)[C@H](C)N(Cc1ccc(F)cc1)C(=O)CN(c1ccc(Cl)cc1Cl)S(=O)(=O)c1ccccc1. The highest BCUT2D eigenvalue weighted by Crippen LogP contribution is 2.33. The van der Waals surface area contributed by atoms with Crippen LogP contribution >= 0.6 is 23.2 Å². The fourth-order valence-electron chi connectivity index (χ4n) is 3.75. The van der Waals surface area contributed by atoms with Crippen LogP contribution in [0.4, 0.5) is 10.1 Å². The molecule has 0 aromatic heterocycles. The average molecular weight is 595 g/mol. The third kappa shape index (κ3) is 7.71. The Morgan fingerprint density at radius 1 is 0.974 bits per heavy atom. The Kier molecular flexibility index (Phi) is 10.4. The fourth-order valence-corrected chi connectivity index (χ4v) is 5.77. The van der Waals surface area contributed by atoms with E-state index in [1.54, 1.807) is 25.1 Å². The van der Waals surface area contributed by atoms with Crippen molar-refractivity contribution in [1.29, 1.82) is 0 Å². The summed E-state index contributed by atoms with van der Waals surface area (Å²) in [5, 5.41) is 3.18. The fraction of sp³-hybridized carbons (Fsp3) is 0.286. The second-order valence-electron chi connectivity index (χ2n) is 9.06. The molecule has 208 valence electrons. The molecule has 0 aliphatic carbocycles. The second kappa shape index (κ2) is 13.3. The Balaban J connectivity index is 2.04. The summed E-state index contributed by atoms with van der Waals surface area (Å²) in [5.41, 5.74) is 0.617. The number of benzene rings is 3. The van der Waals surface area contributed by atoms with E-state index in [1.807, 2.05) is 13.8 Å². The molecule has 3 aromatic carbocycles. The molecule has 1 N–H and O–H groups in total. The highest BCUT2D eigenvalue weighted by Gasteiger charge is 2.33. The van der Waals surface area contributed by atoms with E-state index in [1.165, 1.54) is 59.5 Å². The van der Waals surface area contributed by atoms with Gasteiger partial charge in [-0.3, -0.25) is 13.9 Å². The Morgan fingerprint density at radius 3 is 2.21 bits per heavy atom. The molecule has 0 fully saturated rings. The van der Waals surface area contributed by atoms with Gasteiger partial charge in [0.15, 0.2) is 0 Å². The molecule has 0 aliphatic rings. The first kappa shape index (κ1) is 30.4. The topological polar surface area (TPSA) is 86.8 Å². The summed E-state index contributed by atoms with van der Waals surface area (Å²) < 4.78 is 41.9. The standard InChI is InChI=1S/C28H30Cl2FN3O4S/c1-4-19(2)32-28(36)20(3)33(17-21-10-13-23(31)14-11-21)27(35)18-34(26-15-12-22(29)16-25(26)30)39(37,38)24-8-6-5-7-9-24/h5-16,19-20H,4,17-18H2,1-3H3,(H,32,36)/t19-,20-/m0/s1. The minimum atomic E-state index is -4.26.